The number of amides is 2. The zero-order valence-corrected chi connectivity index (χ0v) is 13.2. The summed E-state index contributed by atoms with van der Waals surface area (Å²) in [5.74, 6) is 1.05. The molecule has 1 aromatic heterocycles. The Balaban J connectivity index is 1.85. The molecule has 1 aliphatic carbocycles. The van der Waals surface area contributed by atoms with E-state index in [1.165, 1.54) is 25.7 Å². The Morgan fingerprint density at radius 2 is 2.10 bits per heavy atom. The van der Waals surface area contributed by atoms with Crippen LogP contribution in [-0.4, -0.2) is 22.7 Å². The third kappa shape index (κ3) is 3.95. The highest BCUT2D eigenvalue weighted by atomic mass is 16.5. The van der Waals surface area contributed by atoms with Crippen LogP contribution in [0.5, 0.6) is 0 Å². The van der Waals surface area contributed by atoms with Gasteiger partial charge in [0.2, 0.25) is 5.89 Å². The number of aryl methyl sites for hydroxylation is 1. The van der Waals surface area contributed by atoms with E-state index in [4.69, 9.17) is 4.52 Å². The topological polar surface area (TPSA) is 80.0 Å². The fraction of sp³-hybridized carbons (Fsp3) is 0.800. The van der Waals surface area contributed by atoms with Gasteiger partial charge in [-0.25, -0.2) is 4.79 Å². The van der Waals surface area contributed by atoms with Crippen molar-refractivity contribution >= 4 is 6.03 Å². The lowest BCUT2D eigenvalue weighted by atomic mass is 9.83. The molecular weight excluding hydrogens is 268 g/mol. The van der Waals surface area contributed by atoms with E-state index < -0.39 is 0 Å². The predicted octanol–water partition coefficient (Wildman–Crippen LogP) is 3.10. The van der Waals surface area contributed by atoms with E-state index in [0.717, 1.165) is 19.4 Å². The van der Waals surface area contributed by atoms with E-state index >= 15 is 0 Å². The third-order valence-corrected chi connectivity index (χ3v) is 4.61. The number of urea groups is 1. The summed E-state index contributed by atoms with van der Waals surface area (Å²) in [6, 6.07) is -0.354. The van der Waals surface area contributed by atoms with Crippen molar-refractivity contribution in [2.75, 3.05) is 6.54 Å². The van der Waals surface area contributed by atoms with Crippen LogP contribution < -0.4 is 10.6 Å². The van der Waals surface area contributed by atoms with Crippen molar-refractivity contribution in [1.29, 1.82) is 0 Å². The Kier molecular flexibility index (Phi) is 5.20. The maximum absolute atomic E-state index is 12.1. The van der Waals surface area contributed by atoms with Gasteiger partial charge in [-0.3, -0.25) is 0 Å². The maximum atomic E-state index is 12.1. The fourth-order valence-electron chi connectivity index (χ4n) is 3.06. The number of nitrogens with zero attached hydrogens (tertiary/aromatic N) is 2. The summed E-state index contributed by atoms with van der Waals surface area (Å²) < 4.78 is 4.97. The van der Waals surface area contributed by atoms with Gasteiger partial charge >= 0.3 is 6.03 Å². The number of carbonyl (C=O) groups is 1. The molecular formula is C15H26N4O2. The van der Waals surface area contributed by atoms with E-state index in [9.17, 15) is 4.79 Å². The smallest absolute Gasteiger partial charge is 0.315 e. The zero-order chi connectivity index (χ0) is 15.3. The van der Waals surface area contributed by atoms with Gasteiger partial charge in [-0.15, -0.1) is 0 Å². The van der Waals surface area contributed by atoms with Crippen LogP contribution in [0.1, 0.15) is 70.1 Å². The molecule has 0 bridgehead atoms. The Morgan fingerprint density at radius 1 is 1.38 bits per heavy atom. The summed E-state index contributed by atoms with van der Waals surface area (Å²) in [7, 11) is 0. The van der Waals surface area contributed by atoms with Crippen LogP contribution in [0.3, 0.4) is 0 Å². The van der Waals surface area contributed by atoms with Crippen LogP contribution in [0.15, 0.2) is 4.52 Å². The molecule has 0 unspecified atom stereocenters. The standard InChI is InChI=1S/C15H26N4O2/c1-4-12(13-17-11(3)21-19-13)18-14(20)16-10-15(5-2)8-6-7-9-15/h12H,4-10H2,1-3H3,(H2,16,18,20)/t12-/m0/s1. The Labute approximate surface area is 126 Å². The van der Waals surface area contributed by atoms with Gasteiger partial charge < -0.3 is 15.2 Å². The lowest BCUT2D eigenvalue weighted by molar-refractivity contribution is 0.220. The van der Waals surface area contributed by atoms with Crippen molar-refractivity contribution in [2.24, 2.45) is 5.41 Å². The Hall–Kier alpha value is -1.59. The number of carbonyl (C=O) groups excluding carboxylic acids is 1. The molecule has 1 aromatic rings. The van der Waals surface area contributed by atoms with Gasteiger partial charge in [-0.1, -0.05) is 31.8 Å². The largest absolute Gasteiger partial charge is 0.340 e. The van der Waals surface area contributed by atoms with Gasteiger partial charge in [0.1, 0.15) is 0 Å². The molecule has 0 saturated heterocycles. The molecule has 0 spiro atoms. The van der Waals surface area contributed by atoms with Crippen molar-refractivity contribution < 1.29 is 9.32 Å². The maximum Gasteiger partial charge on any atom is 0.315 e. The van der Waals surface area contributed by atoms with Gasteiger partial charge in [0.25, 0.3) is 0 Å². The first-order valence-electron chi connectivity index (χ1n) is 7.93. The second kappa shape index (κ2) is 6.91. The number of nitrogens with one attached hydrogen (secondary N) is 2. The second-order valence-corrected chi connectivity index (χ2v) is 6.02. The average molecular weight is 294 g/mol. The molecule has 1 atom stereocenters. The van der Waals surface area contributed by atoms with Crippen molar-refractivity contribution in [3.05, 3.63) is 11.7 Å². The van der Waals surface area contributed by atoms with Crippen LogP contribution >= 0.6 is 0 Å². The molecule has 2 amide bonds. The minimum atomic E-state index is -0.205. The first kappa shape index (κ1) is 15.8. The molecule has 0 radical (unpaired) electrons. The Bertz CT molecular complexity index is 466. The first-order chi connectivity index (χ1) is 10.1. The molecule has 6 heteroatoms. The Morgan fingerprint density at radius 3 is 2.62 bits per heavy atom. The van der Waals surface area contributed by atoms with E-state index in [-0.39, 0.29) is 12.1 Å². The van der Waals surface area contributed by atoms with Crippen molar-refractivity contribution in [2.45, 2.75) is 65.3 Å². The van der Waals surface area contributed by atoms with Crippen molar-refractivity contribution in [3.8, 4) is 0 Å². The summed E-state index contributed by atoms with van der Waals surface area (Å²) in [6.45, 7) is 6.69. The molecule has 1 aliphatic rings. The first-order valence-corrected chi connectivity index (χ1v) is 7.93. The zero-order valence-electron chi connectivity index (χ0n) is 13.2. The minimum absolute atomic E-state index is 0.149. The van der Waals surface area contributed by atoms with E-state index in [1.54, 1.807) is 6.92 Å². The highest BCUT2D eigenvalue weighted by Crippen LogP contribution is 2.40. The van der Waals surface area contributed by atoms with Crippen LogP contribution in [0.25, 0.3) is 0 Å². The molecule has 1 saturated carbocycles. The number of rotatable bonds is 6. The summed E-state index contributed by atoms with van der Waals surface area (Å²) in [4.78, 5) is 16.3. The number of aromatic nitrogens is 2. The van der Waals surface area contributed by atoms with Crippen LogP contribution in [0.4, 0.5) is 4.79 Å². The minimum Gasteiger partial charge on any atom is -0.340 e. The van der Waals surface area contributed by atoms with Crippen LogP contribution in [0.2, 0.25) is 0 Å². The molecule has 2 rings (SSSR count). The molecule has 2 N–H and O–H groups in total. The van der Waals surface area contributed by atoms with E-state index in [0.29, 0.717) is 17.1 Å². The van der Waals surface area contributed by atoms with Gasteiger partial charge in [0.05, 0.1) is 6.04 Å². The highest BCUT2D eigenvalue weighted by molar-refractivity contribution is 5.74. The molecule has 21 heavy (non-hydrogen) atoms. The SMILES string of the molecule is CC[C@H](NC(=O)NCC1(CC)CCCC1)c1noc(C)n1. The predicted molar refractivity (Wildman–Crippen MR) is 79.8 cm³/mol. The monoisotopic (exact) mass is 294 g/mol. The van der Waals surface area contributed by atoms with Crippen LogP contribution in [0, 0.1) is 12.3 Å². The summed E-state index contributed by atoms with van der Waals surface area (Å²) in [5, 5.41) is 9.83. The molecule has 118 valence electrons. The van der Waals surface area contributed by atoms with E-state index in [2.05, 4.69) is 27.7 Å². The number of hydrogen-bond donors (Lipinski definition) is 2. The van der Waals surface area contributed by atoms with Gasteiger partial charge in [-0.05, 0) is 31.1 Å². The molecule has 1 heterocycles. The number of hydrogen-bond acceptors (Lipinski definition) is 4. The fourth-order valence-corrected chi connectivity index (χ4v) is 3.06. The lowest BCUT2D eigenvalue weighted by Crippen LogP contribution is -2.43. The molecule has 1 fully saturated rings. The quantitative estimate of drug-likeness (QED) is 0.845. The van der Waals surface area contributed by atoms with Gasteiger partial charge in [0.15, 0.2) is 5.82 Å². The molecule has 0 aromatic carbocycles. The summed E-state index contributed by atoms with van der Waals surface area (Å²) in [5.41, 5.74) is 0.293. The third-order valence-electron chi connectivity index (χ3n) is 4.61. The van der Waals surface area contributed by atoms with Gasteiger partial charge in [0, 0.05) is 13.5 Å². The van der Waals surface area contributed by atoms with E-state index in [1.807, 2.05) is 6.92 Å². The second-order valence-electron chi connectivity index (χ2n) is 6.02. The summed E-state index contributed by atoms with van der Waals surface area (Å²) >= 11 is 0. The summed E-state index contributed by atoms with van der Waals surface area (Å²) in [6.07, 6.45) is 6.82. The normalized spacial score (nSPS) is 18.4. The van der Waals surface area contributed by atoms with Crippen molar-refractivity contribution in [3.63, 3.8) is 0 Å². The molecule has 0 aliphatic heterocycles. The van der Waals surface area contributed by atoms with Gasteiger partial charge in [-0.2, -0.15) is 4.98 Å². The highest BCUT2D eigenvalue weighted by Gasteiger charge is 2.32. The molecule has 6 nitrogen and oxygen atoms in total. The van der Waals surface area contributed by atoms with Crippen molar-refractivity contribution in [1.82, 2.24) is 20.8 Å². The van der Waals surface area contributed by atoms with Crippen LogP contribution in [-0.2, 0) is 0 Å². The average Bonchev–Trinajstić information content (AvgIpc) is 3.12. The lowest BCUT2D eigenvalue weighted by Gasteiger charge is -2.28.